The van der Waals surface area contributed by atoms with Gasteiger partial charge in [0.2, 0.25) is 0 Å². The summed E-state index contributed by atoms with van der Waals surface area (Å²) in [6, 6.07) is 14.6. The second-order valence-corrected chi connectivity index (χ2v) is 9.83. The summed E-state index contributed by atoms with van der Waals surface area (Å²) in [6.45, 7) is 1.12. The molecule has 12 heteroatoms. The summed E-state index contributed by atoms with van der Waals surface area (Å²) in [6.07, 6.45) is -3.51. The second kappa shape index (κ2) is 11.0. The number of carbonyl (C=O) groups is 1. The zero-order chi connectivity index (χ0) is 26.5. The van der Waals surface area contributed by atoms with Crippen molar-refractivity contribution in [2.24, 2.45) is 5.10 Å². The van der Waals surface area contributed by atoms with Gasteiger partial charge in [-0.15, -0.1) is 0 Å². The molecule has 1 amide bonds. The largest absolute Gasteiger partial charge is 0.495 e. The zero-order valence-corrected chi connectivity index (χ0v) is 20.7. The zero-order valence-electron chi connectivity index (χ0n) is 19.1. The first-order valence-electron chi connectivity index (χ1n) is 10.3. The lowest BCUT2D eigenvalue weighted by Gasteiger charge is -2.24. The molecular formula is C24H21ClF3N3O4S. The van der Waals surface area contributed by atoms with E-state index in [1.165, 1.54) is 49.6 Å². The van der Waals surface area contributed by atoms with Crippen LogP contribution in [0.1, 0.15) is 16.7 Å². The summed E-state index contributed by atoms with van der Waals surface area (Å²) < 4.78 is 71.4. The Morgan fingerprint density at radius 2 is 1.81 bits per heavy atom. The van der Waals surface area contributed by atoms with Crippen LogP contribution in [0.15, 0.2) is 76.7 Å². The summed E-state index contributed by atoms with van der Waals surface area (Å²) in [7, 11) is -2.80. The van der Waals surface area contributed by atoms with Gasteiger partial charge < -0.3 is 4.74 Å². The Morgan fingerprint density at radius 1 is 1.11 bits per heavy atom. The molecule has 0 aliphatic rings. The molecule has 3 aromatic rings. The van der Waals surface area contributed by atoms with Crippen molar-refractivity contribution in [3.05, 3.63) is 88.4 Å². The van der Waals surface area contributed by atoms with E-state index in [0.717, 1.165) is 28.2 Å². The molecule has 0 atom stereocenters. The minimum Gasteiger partial charge on any atom is -0.495 e. The van der Waals surface area contributed by atoms with E-state index in [-0.39, 0.29) is 21.2 Å². The standard InChI is InChI=1S/C24H21ClF3N3O4S/c1-16-6-9-20(10-7-16)36(33,34)31(19-8-11-22(35-2)21(25)13-19)15-23(32)30-29-14-17-4-3-5-18(12-17)24(26,27)28/h3-14H,15H2,1-2H3,(H,30,32)/b29-14-. The van der Waals surface area contributed by atoms with Crippen molar-refractivity contribution < 1.29 is 31.1 Å². The highest BCUT2D eigenvalue weighted by Gasteiger charge is 2.30. The van der Waals surface area contributed by atoms with E-state index in [2.05, 4.69) is 10.5 Å². The maximum atomic E-state index is 13.4. The van der Waals surface area contributed by atoms with E-state index >= 15 is 0 Å². The van der Waals surface area contributed by atoms with Gasteiger partial charge in [0, 0.05) is 0 Å². The van der Waals surface area contributed by atoms with Crippen molar-refractivity contribution in [2.45, 2.75) is 18.0 Å². The van der Waals surface area contributed by atoms with Gasteiger partial charge in [-0.25, -0.2) is 13.8 Å². The molecule has 190 valence electrons. The van der Waals surface area contributed by atoms with Crippen LogP contribution in [-0.4, -0.2) is 34.2 Å². The number of methoxy groups -OCH3 is 1. The normalized spacial score (nSPS) is 11.9. The maximum Gasteiger partial charge on any atom is 0.416 e. The SMILES string of the molecule is COc1ccc(N(CC(=O)N/N=C\c2cccc(C(F)(F)F)c2)S(=O)(=O)c2ccc(C)cc2)cc1Cl. The molecule has 0 unspecified atom stereocenters. The lowest BCUT2D eigenvalue weighted by atomic mass is 10.1. The van der Waals surface area contributed by atoms with Gasteiger partial charge in [-0.3, -0.25) is 9.10 Å². The number of carbonyl (C=O) groups excluding carboxylic acids is 1. The predicted molar refractivity (Wildman–Crippen MR) is 131 cm³/mol. The number of benzene rings is 3. The van der Waals surface area contributed by atoms with Gasteiger partial charge in [0.1, 0.15) is 12.3 Å². The fourth-order valence-electron chi connectivity index (χ4n) is 3.10. The van der Waals surface area contributed by atoms with Gasteiger partial charge in [0.15, 0.2) is 0 Å². The van der Waals surface area contributed by atoms with E-state index in [0.29, 0.717) is 5.75 Å². The van der Waals surface area contributed by atoms with Crippen LogP contribution in [0.4, 0.5) is 18.9 Å². The minimum absolute atomic E-state index is 0.0553. The Hall–Kier alpha value is -3.57. The lowest BCUT2D eigenvalue weighted by Crippen LogP contribution is -2.39. The molecule has 0 saturated heterocycles. The van der Waals surface area contributed by atoms with Crippen LogP contribution in [-0.2, 0) is 21.0 Å². The van der Waals surface area contributed by atoms with Crippen LogP contribution in [0, 0.1) is 6.92 Å². The van der Waals surface area contributed by atoms with Gasteiger partial charge >= 0.3 is 6.18 Å². The van der Waals surface area contributed by atoms with Crippen LogP contribution < -0.4 is 14.5 Å². The molecule has 0 aromatic heterocycles. The van der Waals surface area contributed by atoms with Crippen molar-refractivity contribution >= 4 is 39.4 Å². The van der Waals surface area contributed by atoms with Gasteiger partial charge in [-0.1, -0.05) is 41.4 Å². The summed E-state index contributed by atoms with van der Waals surface area (Å²) in [4.78, 5) is 12.6. The number of anilines is 1. The van der Waals surface area contributed by atoms with Crippen LogP contribution in [0.5, 0.6) is 5.75 Å². The number of sulfonamides is 1. The number of hydrogen-bond donors (Lipinski definition) is 1. The van der Waals surface area contributed by atoms with Gasteiger partial charge in [-0.05, 0) is 55.0 Å². The number of hydrazone groups is 1. The van der Waals surface area contributed by atoms with Crippen molar-refractivity contribution in [1.29, 1.82) is 0 Å². The molecular weight excluding hydrogens is 519 g/mol. The third kappa shape index (κ3) is 6.55. The Kier molecular flexibility index (Phi) is 8.26. The van der Waals surface area contributed by atoms with Crippen molar-refractivity contribution in [3.8, 4) is 5.75 Å². The van der Waals surface area contributed by atoms with E-state index < -0.39 is 34.2 Å². The fraction of sp³-hybridized carbons (Fsp3) is 0.167. The molecule has 3 aromatic carbocycles. The molecule has 0 spiro atoms. The number of halogens is 4. The summed E-state index contributed by atoms with van der Waals surface area (Å²) in [5.74, 6) is -0.524. The van der Waals surface area contributed by atoms with Crippen LogP contribution >= 0.6 is 11.6 Å². The highest BCUT2D eigenvalue weighted by atomic mass is 35.5. The van der Waals surface area contributed by atoms with Gasteiger partial charge in [0.25, 0.3) is 15.9 Å². The average molecular weight is 540 g/mol. The number of ether oxygens (including phenoxy) is 1. The smallest absolute Gasteiger partial charge is 0.416 e. The molecule has 1 N–H and O–H groups in total. The second-order valence-electron chi connectivity index (χ2n) is 7.56. The first-order chi connectivity index (χ1) is 16.9. The van der Waals surface area contributed by atoms with Gasteiger partial charge in [0.05, 0.1) is 34.5 Å². The van der Waals surface area contributed by atoms with Crippen LogP contribution in [0.2, 0.25) is 5.02 Å². The van der Waals surface area contributed by atoms with E-state index in [1.807, 2.05) is 0 Å². The van der Waals surface area contributed by atoms with E-state index in [4.69, 9.17) is 16.3 Å². The molecule has 3 rings (SSSR count). The number of rotatable bonds is 8. The molecule has 36 heavy (non-hydrogen) atoms. The number of amides is 1. The van der Waals surface area contributed by atoms with Crippen LogP contribution in [0.3, 0.4) is 0 Å². The quantitative estimate of drug-likeness (QED) is 0.321. The molecule has 7 nitrogen and oxygen atoms in total. The molecule has 0 bridgehead atoms. The van der Waals surface area contributed by atoms with E-state index in [1.54, 1.807) is 19.1 Å². The lowest BCUT2D eigenvalue weighted by molar-refractivity contribution is -0.137. The maximum absolute atomic E-state index is 13.4. The Balaban J connectivity index is 1.86. The Morgan fingerprint density at radius 3 is 2.42 bits per heavy atom. The highest BCUT2D eigenvalue weighted by molar-refractivity contribution is 7.92. The Bertz CT molecular complexity index is 1380. The highest BCUT2D eigenvalue weighted by Crippen LogP contribution is 2.32. The molecule has 0 aliphatic carbocycles. The van der Waals surface area contributed by atoms with Crippen molar-refractivity contribution in [1.82, 2.24) is 5.43 Å². The minimum atomic E-state index is -4.53. The topological polar surface area (TPSA) is 88.1 Å². The van der Waals surface area contributed by atoms with Crippen molar-refractivity contribution in [2.75, 3.05) is 18.0 Å². The molecule has 0 fully saturated rings. The fourth-order valence-corrected chi connectivity index (χ4v) is 4.77. The third-order valence-corrected chi connectivity index (χ3v) is 7.02. The molecule has 0 saturated carbocycles. The van der Waals surface area contributed by atoms with E-state index in [9.17, 15) is 26.4 Å². The first kappa shape index (κ1) is 27.0. The van der Waals surface area contributed by atoms with Crippen LogP contribution in [0.25, 0.3) is 0 Å². The number of hydrogen-bond acceptors (Lipinski definition) is 5. The number of aryl methyl sites for hydroxylation is 1. The number of alkyl halides is 3. The summed E-state index contributed by atoms with van der Waals surface area (Å²) in [5, 5.41) is 3.79. The number of nitrogens with zero attached hydrogens (tertiary/aromatic N) is 2. The monoisotopic (exact) mass is 539 g/mol. The number of nitrogens with one attached hydrogen (secondary N) is 1. The molecule has 0 heterocycles. The first-order valence-corrected chi connectivity index (χ1v) is 12.2. The third-order valence-electron chi connectivity index (χ3n) is 4.94. The Labute approximate surface area is 211 Å². The summed E-state index contributed by atoms with van der Waals surface area (Å²) >= 11 is 6.17. The predicted octanol–water partition coefficient (Wildman–Crippen LogP) is 5.02. The van der Waals surface area contributed by atoms with Gasteiger partial charge in [-0.2, -0.15) is 18.3 Å². The molecule has 0 aliphatic heterocycles. The summed E-state index contributed by atoms with van der Waals surface area (Å²) in [5.41, 5.74) is 2.31. The average Bonchev–Trinajstić information content (AvgIpc) is 2.82. The van der Waals surface area contributed by atoms with Crippen molar-refractivity contribution in [3.63, 3.8) is 0 Å². The molecule has 0 radical (unpaired) electrons.